The van der Waals surface area contributed by atoms with Crippen LogP contribution in [0.4, 0.5) is 0 Å². The minimum Gasteiger partial charge on any atom is -0.364 e. The molecule has 116 valence electrons. The highest BCUT2D eigenvalue weighted by Crippen LogP contribution is 2.31. The lowest BCUT2D eigenvalue weighted by molar-refractivity contribution is 0.420. The van der Waals surface area contributed by atoms with Crippen molar-refractivity contribution in [1.29, 1.82) is 0 Å². The van der Waals surface area contributed by atoms with Gasteiger partial charge in [-0.3, -0.25) is 0 Å². The van der Waals surface area contributed by atoms with Crippen molar-refractivity contribution in [3.63, 3.8) is 0 Å². The first kappa shape index (κ1) is 16.4. The van der Waals surface area contributed by atoms with Crippen LogP contribution in [-0.2, 0) is 11.8 Å². The van der Waals surface area contributed by atoms with Crippen molar-refractivity contribution in [2.75, 3.05) is 0 Å². The first-order valence-corrected chi connectivity index (χ1v) is 7.69. The molecular formula is C20H25NO. The third-order valence-corrected chi connectivity index (χ3v) is 3.73. The second-order valence-corrected chi connectivity index (χ2v) is 7.52. The van der Waals surface area contributed by atoms with E-state index in [1.807, 2.05) is 6.92 Å². The molecular weight excluding hydrogens is 270 g/mol. The molecule has 0 saturated heterocycles. The SMILES string of the molecule is CC#CC(C)(C)Cc1cc(-c2cnoc2)cc(C(C)(C)C)c1. The third-order valence-electron chi connectivity index (χ3n) is 3.73. The molecule has 0 unspecified atom stereocenters. The van der Waals surface area contributed by atoms with Crippen LogP contribution in [0.25, 0.3) is 11.1 Å². The van der Waals surface area contributed by atoms with Crippen LogP contribution in [0.15, 0.2) is 35.2 Å². The Hall–Kier alpha value is -2.01. The van der Waals surface area contributed by atoms with Crippen molar-refractivity contribution < 1.29 is 4.52 Å². The predicted octanol–water partition coefficient (Wildman–Crippen LogP) is 5.23. The lowest BCUT2D eigenvalue weighted by Crippen LogP contribution is -2.15. The fourth-order valence-electron chi connectivity index (χ4n) is 2.63. The summed E-state index contributed by atoms with van der Waals surface area (Å²) in [6, 6.07) is 6.76. The summed E-state index contributed by atoms with van der Waals surface area (Å²) in [7, 11) is 0. The maximum absolute atomic E-state index is 5.00. The van der Waals surface area contributed by atoms with Crippen molar-refractivity contribution in [1.82, 2.24) is 5.16 Å². The number of nitrogens with zero attached hydrogens (tertiary/aromatic N) is 1. The molecule has 0 bridgehead atoms. The van der Waals surface area contributed by atoms with E-state index in [4.69, 9.17) is 4.52 Å². The molecule has 0 atom stereocenters. The van der Waals surface area contributed by atoms with Crippen molar-refractivity contribution in [2.24, 2.45) is 5.41 Å². The zero-order chi connectivity index (χ0) is 16.4. The molecule has 22 heavy (non-hydrogen) atoms. The van der Waals surface area contributed by atoms with Gasteiger partial charge in [0, 0.05) is 11.0 Å². The lowest BCUT2D eigenvalue weighted by Gasteiger charge is -2.23. The Balaban J connectivity index is 2.49. The first-order valence-electron chi connectivity index (χ1n) is 7.69. The van der Waals surface area contributed by atoms with E-state index in [9.17, 15) is 0 Å². The van der Waals surface area contributed by atoms with E-state index in [-0.39, 0.29) is 10.8 Å². The van der Waals surface area contributed by atoms with E-state index in [0.29, 0.717) is 0 Å². The zero-order valence-corrected chi connectivity index (χ0v) is 14.4. The molecule has 0 fully saturated rings. The Morgan fingerprint density at radius 1 is 1.05 bits per heavy atom. The molecule has 2 aromatic rings. The third kappa shape index (κ3) is 4.01. The predicted molar refractivity (Wildman–Crippen MR) is 91.6 cm³/mol. The van der Waals surface area contributed by atoms with E-state index in [2.05, 4.69) is 69.8 Å². The van der Waals surface area contributed by atoms with Gasteiger partial charge < -0.3 is 4.52 Å². The average Bonchev–Trinajstić information content (AvgIpc) is 2.90. The molecule has 2 rings (SSSR count). The Labute approximate surface area is 133 Å². The molecule has 0 saturated carbocycles. The van der Waals surface area contributed by atoms with Gasteiger partial charge in [0.1, 0.15) is 6.26 Å². The normalized spacial score (nSPS) is 11.9. The van der Waals surface area contributed by atoms with Crippen LogP contribution in [0.5, 0.6) is 0 Å². The molecule has 1 heterocycles. The number of hydrogen-bond donors (Lipinski definition) is 0. The summed E-state index contributed by atoms with van der Waals surface area (Å²) in [6.45, 7) is 13.0. The van der Waals surface area contributed by atoms with Gasteiger partial charge in [-0.25, -0.2) is 0 Å². The van der Waals surface area contributed by atoms with Crippen molar-refractivity contribution in [3.05, 3.63) is 41.8 Å². The monoisotopic (exact) mass is 295 g/mol. The molecule has 0 N–H and O–H groups in total. The van der Waals surface area contributed by atoms with Crippen LogP contribution in [0.2, 0.25) is 0 Å². The molecule has 2 heteroatoms. The standard InChI is InChI=1S/C20H25NO/c1-7-8-20(5,6)12-15-9-16(17-13-21-22-14-17)11-18(10-15)19(2,3)4/h9-11,13-14H,12H2,1-6H3. The van der Waals surface area contributed by atoms with Crippen LogP contribution in [-0.4, -0.2) is 5.16 Å². The summed E-state index contributed by atoms with van der Waals surface area (Å²) in [4.78, 5) is 0. The van der Waals surface area contributed by atoms with E-state index in [0.717, 1.165) is 17.5 Å². The minimum absolute atomic E-state index is 0.0306. The van der Waals surface area contributed by atoms with Crippen molar-refractivity contribution in [2.45, 2.75) is 53.4 Å². The van der Waals surface area contributed by atoms with Gasteiger partial charge in [-0.05, 0) is 49.3 Å². The van der Waals surface area contributed by atoms with E-state index in [1.54, 1.807) is 12.5 Å². The number of rotatable bonds is 3. The Morgan fingerprint density at radius 3 is 2.32 bits per heavy atom. The van der Waals surface area contributed by atoms with Crippen molar-refractivity contribution in [3.8, 4) is 23.0 Å². The van der Waals surface area contributed by atoms with Gasteiger partial charge in [-0.2, -0.15) is 0 Å². The maximum atomic E-state index is 5.00. The summed E-state index contributed by atoms with van der Waals surface area (Å²) >= 11 is 0. The second kappa shape index (κ2) is 6.01. The van der Waals surface area contributed by atoms with Gasteiger partial charge in [0.25, 0.3) is 0 Å². The highest BCUT2D eigenvalue weighted by Gasteiger charge is 2.20. The molecule has 0 aliphatic rings. The molecule has 0 spiro atoms. The molecule has 0 radical (unpaired) electrons. The van der Waals surface area contributed by atoms with Gasteiger partial charge in [-0.15, -0.1) is 5.92 Å². The molecule has 0 aliphatic heterocycles. The van der Waals surface area contributed by atoms with Gasteiger partial charge >= 0.3 is 0 Å². The Kier molecular flexibility index (Phi) is 4.47. The molecule has 0 aliphatic carbocycles. The van der Waals surface area contributed by atoms with Crippen molar-refractivity contribution >= 4 is 0 Å². The number of aromatic nitrogens is 1. The minimum atomic E-state index is -0.0306. The second-order valence-electron chi connectivity index (χ2n) is 7.52. The zero-order valence-electron chi connectivity index (χ0n) is 14.4. The van der Waals surface area contributed by atoms with Gasteiger partial charge in [0.05, 0.1) is 6.20 Å². The van der Waals surface area contributed by atoms with Crippen LogP contribution in [0, 0.1) is 17.3 Å². The summed E-state index contributed by atoms with van der Waals surface area (Å²) in [6.07, 6.45) is 4.39. The molecule has 1 aromatic carbocycles. The van der Waals surface area contributed by atoms with Crippen LogP contribution >= 0.6 is 0 Å². The van der Waals surface area contributed by atoms with Crippen LogP contribution in [0.3, 0.4) is 0 Å². The lowest BCUT2D eigenvalue weighted by atomic mass is 9.80. The topological polar surface area (TPSA) is 26.0 Å². The van der Waals surface area contributed by atoms with Gasteiger partial charge in [0.15, 0.2) is 0 Å². The van der Waals surface area contributed by atoms with Crippen LogP contribution in [0.1, 0.15) is 52.7 Å². The highest BCUT2D eigenvalue weighted by molar-refractivity contribution is 5.64. The number of hydrogen-bond acceptors (Lipinski definition) is 2. The maximum Gasteiger partial charge on any atom is 0.131 e. The quantitative estimate of drug-likeness (QED) is 0.724. The fraction of sp³-hybridized carbons (Fsp3) is 0.450. The smallest absolute Gasteiger partial charge is 0.131 e. The average molecular weight is 295 g/mol. The van der Waals surface area contributed by atoms with Gasteiger partial charge in [0.2, 0.25) is 0 Å². The Bertz CT molecular complexity index is 692. The van der Waals surface area contributed by atoms with Gasteiger partial charge in [-0.1, -0.05) is 50.0 Å². The fourth-order valence-corrected chi connectivity index (χ4v) is 2.63. The van der Waals surface area contributed by atoms with E-state index >= 15 is 0 Å². The summed E-state index contributed by atoms with van der Waals surface area (Å²) in [5, 5.41) is 3.83. The van der Waals surface area contributed by atoms with E-state index < -0.39 is 0 Å². The molecule has 2 nitrogen and oxygen atoms in total. The highest BCUT2D eigenvalue weighted by atomic mass is 16.5. The molecule has 0 amide bonds. The van der Waals surface area contributed by atoms with Crippen LogP contribution < -0.4 is 0 Å². The summed E-state index contributed by atoms with van der Waals surface area (Å²) < 4.78 is 5.00. The first-order chi connectivity index (χ1) is 10.2. The summed E-state index contributed by atoms with van der Waals surface area (Å²) in [5.74, 6) is 6.34. The summed E-state index contributed by atoms with van der Waals surface area (Å²) in [5.41, 5.74) is 4.87. The number of benzene rings is 1. The Morgan fingerprint density at radius 2 is 1.77 bits per heavy atom. The van der Waals surface area contributed by atoms with E-state index in [1.165, 1.54) is 11.1 Å². The largest absolute Gasteiger partial charge is 0.364 e. The molecule has 1 aromatic heterocycles.